The highest BCUT2D eigenvalue weighted by Crippen LogP contribution is 2.32. The van der Waals surface area contributed by atoms with Gasteiger partial charge in [-0.1, -0.05) is 29.8 Å². The molecule has 0 spiro atoms. The second kappa shape index (κ2) is 9.00. The molecule has 0 aliphatic rings. The van der Waals surface area contributed by atoms with E-state index in [4.69, 9.17) is 16.0 Å². The molecule has 0 radical (unpaired) electrons. The van der Waals surface area contributed by atoms with Crippen LogP contribution < -0.4 is 10.7 Å². The molecule has 1 N–H and O–H groups in total. The molecular formula is C26H15ClFN3O4. The molecule has 5 aromatic rings. The predicted octanol–water partition coefficient (Wildman–Crippen LogP) is 5.25. The lowest BCUT2D eigenvalue weighted by Crippen LogP contribution is -2.26. The van der Waals surface area contributed by atoms with Gasteiger partial charge in [-0.25, -0.2) is 9.07 Å². The number of fused-ring (bicyclic) bond motifs is 1. The average molecular weight is 488 g/mol. The summed E-state index contributed by atoms with van der Waals surface area (Å²) in [5, 5.41) is 7.69. The second-order valence-electron chi connectivity index (χ2n) is 7.55. The Kier molecular flexibility index (Phi) is 5.72. The summed E-state index contributed by atoms with van der Waals surface area (Å²) in [6.07, 6.45) is 1.42. The van der Waals surface area contributed by atoms with Gasteiger partial charge in [0, 0.05) is 28.2 Å². The van der Waals surface area contributed by atoms with Gasteiger partial charge in [-0.05, 0) is 54.6 Å². The van der Waals surface area contributed by atoms with Crippen LogP contribution in [0.3, 0.4) is 0 Å². The van der Waals surface area contributed by atoms with Crippen LogP contribution in [0.15, 0.2) is 94.3 Å². The van der Waals surface area contributed by atoms with E-state index in [1.165, 1.54) is 29.1 Å². The summed E-state index contributed by atoms with van der Waals surface area (Å²) in [5.74, 6) is -2.04. The van der Waals surface area contributed by atoms with Crippen molar-refractivity contribution < 1.29 is 18.4 Å². The van der Waals surface area contributed by atoms with Crippen LogP contribution in [-0.2, 0) is 0 Å². The van der Waals surface area contributed by atoms with E-state index < -0.39 is 28.6 Å². The van der Waals surface area contributed by atoms with E-state index in [1.807, 2.05) is 0 Å². The largest absolute Gasteiger partial charge is 0.450 e. The van der Waals surface area contributed by atoms with Gasteiger partial charge in [-0.3, -0.25) is 14.4 Å². The van der Waals surface area contributed by atoms with E-state index in [9.17, 15) is 18.8 Å². The number of rotatable bonds is 5. The van der Waals surface area contributed by atoms with Crippen LogP contribution in [0.5, 0.6) is 0 Å². The summed E-state index contributed by atoms with van der Waals surface area (Å²) in [7, 11) is 0. The van der Waals surface area contributed by atoms with Crippen LogP contribution in [0, 0.1) is 5.82 Å². The summed E-state index contributed by atoms with van der Waals surface area (Å²) >= 11 is 6.04. The summed E-state index contributed by atoms with van der Waals surface area (Å²) in [4.78, 5) is 38.8. The summed E-state index contributed by atoms with van der Waals surface area (Å²) in [5.41, 5.74) is 0.150. The third-order valence-corrected chi connectivity index (χ3v) is 5.48. The zero-order valence-corrected chi connectivity index (χ0v) is 18.6. The summed E-state index contributed by atoms with van der Waals surface area (Å²) in [6, 6.07) is 19.6. The summed E-state index contributed by atoms with van der Waals surface area (Å²) < 4.78 is 20.4. The first-order valence-electron chi connectivity index (χ1n) is 10.4. The number of furan rings is 1. The Bertz CT molecular complexity index is 1660. The standard InChI is InChI=1S/C26H15ClFN3O4/c27-16-4-3-5-18(14-16)31-13-12-20(32)23(30-31)26(34)29-22-19-6-1-2-7-21(19)35-25(22)24(33)15-8-10-17(28)11-9-15/h1-14H,(H,29,34). The molecule has 35 heavy (non-hydrogen) atoms. The number of halogens is 2. The highest BCUT2D eigenvalue weighted by molar-refractivity contribution is 6.30. The molecule has 0 saturated heterocycles. The van der Waals surface area contributed by atoms with Crippen molar-refractivity contribution in [3.63, 3.8) is 0 Å². The molecule has 5 rings (SSSR count). The Morgan fingerprint density at radius 1 is 0.971 bits per heavy atom. The quantitative estimate of drug-likeness (QED) is 0.341. The molecule has 9 heteroatoms. The topological polar surface area (TPSA) is 94.2 Å². The minimum Gasteiger partial charge on any atom is -0.450 e. The van der Waals surface area contributed by atoms with Gasteiger partial charge in [0.15, 0.2) is 11.5 Å². The first-order chi connectivity index (χ1) is 16.9. The Morgan fingerprint density at radius 3 is 2.51 bits per heavy atom. The number of carbonyl (C=O) groups is 2. The lowest BCUT2D eigenvalue weighted by atomic mass is 10.1. The number of nitrogens with one attached hydrogen (secondary N) is 1. The minimum absolute atomic E-state index is 0.0827. The van der Waals surface area contributed by atoms with Crippen molar-refractivity contribution >= 4 is 39.9 Å². The number of benzene rings is 3. The number of anilines is 1. The maximum absolute atomic E-state index is 13.3. The molecule has 0 bridgehead atoms. The van der Waals surface area contributed by atoms with E-state index in [0.717, 1.165) is 12.1 Å². The lowest BCUT2D eigenvalue weighted by Gasteiger charge is -2.09. The van der Waals surface area contributed by atoms with Crippen molar-refractivity contribution in [2.24, 2.45) is 0 Å². The van der Waals surface area contributed by atoms with Gasteiger partial charge >= 0.3 is 0 Å². The van der Waals surface area contributed by atoms with Crippen LogP contribution in [0.25, 0.3) is 16.7 Å². The van der Waals surface area contributed by atoms with Gasteiger partial charge in [0.2, 0.25) is 11.2 Å². The van der Waals surface area contributed by atoms with Crippen LogP contribution in [0.1, 0.15) is 26.6 Å². The van der Waals surface area contributed by atoms with Gasteiger partial charge in [-0.15, -0.1) is 0 Å². The Hall–Kier alpha value is -4.56. The number of carbonyl (C=O) groups excluding carboxylic acids is 2. The molecule has 172 valence electrons. The van der Waals surface area contributed by atoms with Gasteiger partial charge in [0.05, 0.1) is 11.4 Å². The molecule has 1 amide bonds. The second-order valence-corrected chi connectivity index (χ2v) is 7.98. The normalized spacial score (nSPS) is 10.9. The first kappa shape index (κ1) is 22.2. The van der Waals surface area contributed by atoms with Crippen LogP contribution in [0.2, 0.25) is 5.02 Å². The third-order valence-electron chi connectivity index (χ3n) is 5.24. The first-order valence-corrected chi connectivity index (χ1v) is 10.8. The van der Waals surface area contributed by atoms with Crippen LogP contribution in [0.4, 0.5) is 10.1 Å². The Balaban J connectivity index is 1.56. The molecule has 0 aliphatic heterocycles. The Morgan fingerprint density at radius 2 is 1.74 bits per heavy atom. The van der Waals surface area contributed by atoms with Crippen molar-refractivity contribution in [1.82, 2.24) is 9.78 Å². The van der Waals surface area contributed by atoms with Gasteiger partial charge in [0.1, 0.15) is 11.4 Å². The van der Waals surface area contributed by atoms with Gasteiger partial charge in [-0.2, -0.15) is 5.10 Å². The van der Waals surface area contributed by atoms with Crippen molar-refractivity contribution in [1.29, 1.82) is 0 Å². The molecule has 3 aromatic carbocycles. The number of hydrogen-bond acceptors (Lipinski definition) is 5. The van der Waals surface area contributed by atoms with Crippen molar-refractivity contribution in [2.75, 3.05) is 5.32 Å². The number of para-hydroxylation sites is 1. The SMILES string of the molecule is O=C(c1ccc(F)cc1)c1oc2ccccc2c1NC(=O)c1nn(-c2cccc(Cl)c2)ccc1=O. The zero-order chi connectivity index (χ0) is 24.5. The van der Waals surface area contributed by atoms with E-state index in [1.54, 1.807) is 48.5 Å². The number of amides is 1. The van der Waals surface area contributed by atoms with E-state index in [2.05, 4.69) is 10.4 Å². The molecule has 0 saturated carbocycles. The monoisotopic (exact) mass is 487 g/mol. The predicted molar refractivity (Wildman–Crippen MR) is 129 cm³/mol. The molecule has 7 nitrogen and oxygen atoms in total. The number of hydrogen-bond donors (Lipinski definition) is 1. The van der Waals surface area contributed by atoms with E-state index in [0.29, 0.717) is 21.7 Å². The number of nitrogens with zero attached hydrogens (tertiary/aromatic N) is 2. The van der Waals surface area contributed by atoms with Crippen molar-refractivity contribution in [3.8, 4) is 5.69 Å². The third kappa shape index (κ3) is 4.34. The zero-order valence-electron chi connectivity index (χ0n) is 17.9. The number of ketones is 1. The number of aromatic nitrogens is 2. The smallest absolute Gasteiger partial charge is 0.280 e. The van der Waals surface area contributed by atoms with Crippen LogP contribution in [-0.4, -0.2) is 21.5 Å². The van der Waals surface area contributed by atoms with Crippen molar-refractivity contribution in [3.05, 3.63) is 123 Å². The van der Waals surface area contributed by atoms with E-state index in [-0.39, 0.29) is 17.0 Å². The van der Waals surface area contributed by atoms with Gasteiger partial charge < -0.3 is 9.73 Å². The fourth-order valence-corrected chi connectivity index (χ4v) is 3.75. The molecule has 0 fully saturated rings. The average Bonchev–Trinajstić information content (AvgIpc) is 3.22. The summed E-state index contributed by atoms with van der Waals surface area (Å²) in [6.45, 7) is 0. The Labute approximate surface area is 202 Å². The lowest BCUT2D eigenvalue weighted by molar-refractivity contribution is 0.101. The molecule has 0 unspecified atom stereocenters. The van der Waals surface area contributed by atoms with Gasteiger partial charge in [0.25, 0.3) is 5.91 Å². The maximum atomic E-state index is 13.3. The molecule has 2 aromatic heterocycles. The minimum atomic E-state index is -0.828. The molecule has 0 aliphatic carbocycles. The molecule has 0 atom stereocenters. The fraction of sp³-hybridized carbons (Fsp3) is 0. The van der Waals surface area contributed by atoms with E-state index >= 15 is 0 Å². The fourth-order valence-electron chi connectivity index (χ4n) is 3.56. The van der Waals surface area contributed by atoms with Crippen molar-refractivity contribution in [2.45, 2.75) is 0 Å². The van der Waals surface area contributed by atoms with Crippen LogP contribution >= 0.6 is 11.6 Å². The highest BCUT2D eigenvalue weighted by Gasteiger charge is 2.25. The maximum Gasteiger partial charge on any atom is 0.280 e. The molecular weight excluding hydrogens is 473 g/mol. The molecule has 2 heterocycles. The highest BCUT2D eigenvalue weighted by atomic mass is 35.5.